The summed E-state index contributed by atoms with van der Waals surface area (Å²) in [5.41, 5.74) is 0.961. The Kier molecular flexibility index (Phi) is 3.76. The first-order valence-electron chi connectivity index (χ1n) is 7.51. The molecule has 2 aliphatic rings. The molecule has 1 aromatic carbocycles. The van der Waals surface area contributed by atoms with Crippen LogP contribution in [0.3, 0.4) is 0 Å². The number of carbonyl (C=O) groups is 1. The number of para-hydroxylation sites is 2. The number of fused-ring (bicyclic) bond motifs is 1. The van der Waals surface area contributed by atoms with Crippen LogP contribution >= 0.6 is 0 Å². The number of amides is 1. The summed E-state index contributed by atoms with van der Waals surface area (Å²) in [5, 5.41) is 3.28. The van der Waals surface area contributed by atoms with Crippen LogP contribution in [-0.2, 0) is 4.79 Å². The Balaban J connectivity index is 1.68. The summed E-state index contributed by atoms with van der Waals surface area (Å²) in [6.07, 6.45) is -0.423. The number of hydrogen-bond donors (Lipinski definition) is 1. The molecule has 3 atom stereocenters. The van der Waals surface area contributed by atoms with Gasteiger partial charge >= 0.3 is 0 Å². The van der Waals surface area contributed by atoms with Gasteiger partial charge in [-0.25, -0.2) is 0 Å². The van der Waals surface area contributed by atoms with Crippen LogP contribution in [0.2, 0.25) is 0 Å². The second-order valence-electron chi connectivity index (χ2n) is 6.24. The molecule has 0 spiro atoms. The highest BCUT2D eigenvalue weighted by molar-refractivity contribution is 5.83. The van der Waals surface area contributed by atoms with Crippen LogP contribution < -0.4 is 10.1 Å². The Morgan fingerprint density at radius 1 is 1.33 bits per heavy atom. The van der Waals surface area contributed by atoms with Crippen LogP contribution in [0.15, 0.2) is 24.3 Å². The van der Waals surface area contributed by atoms with Crippen LogP contribution in [0.5, 0.6) is 5.75 Å². The topological polar surface area (TPSA) is 44.8 Å². The van der Waals surface area contributed by atoms with E-state index in [0.29, 0.717) is 18.5 Å². The zero-order valence-corrected chi connectivity index (χ0v) is 12.9. The van der Waals surface area contributed by atoms with Crippen molar-refractivity contribution in [3.8, 4) is 5.75 Å². The second kappa shape index (κ2) is 5.56. The molecule has 1 aromatic rings. The predicted octanol–water partition coefficient (Wildman–Crippen LogP) is 1.27. The Morgan fingerprint density at radius 2 is 2.10 bits per heavy atom. The van der Waals surface area contributed by atoms with Crippen molar-refractivity contribution in [3.05, 3.63) is 24.3 Å². The fraction of sp³-hybridized carbons (Fsp3) is 0.562. The minimum atomic E-state index is -0.423. The Hall–Kier alpha value is -1.75. The molecule has 0 radical (unpaired) electrons. The maximum Gasteiger partial charge on any atom is 0.265 e. The van der Waals surface area contributed by atoms with Crippen molar-refractivity contribution in [2.24, 2.45) is 5.92 Å². The zero-order valence-electron chi connectivity index (χ0n) is 12.9. The molecule has 5 heteroatoms. The molecular formula is C16H23N3O2. The summed E-state index contributed by atoms with van der Waals surface area (Å²) in [6.45, 7) is 4.33. The first kappa shape index (κ1) is 14.2. The Morgan fingerprint density at radius 3 is 2.81 bits per heavy atom. The van der Waals surface area contributed by atoms with E-state index in [0.717, 1.165) is 24.5 Å². The molecule has 1 fully saturated rings. The molecular weight excluding hydrogens is 266 g/mol. The maximum atomic E-state index is 12.7. The van der Waals surface area contributed by atoms with E-state index < -0.39 is 6.10 Å². The average molecular weight is 289 g/mol. The lowest BCUT2D eigenvalue weighted by Gasteiger charge is -2.29. The van der Waals surface area contributed by atoms with Gasteiger partial charge in [-0.15, -0.1) is 0 Å². The number of benzene rings is 1. The molecule has 0 saturated carbocycles. The van der Waals surface area contributed by atoms with Gasteiger partial charge in [0.05, 0.1) is 12.2 Å². The van der Waals surface area contributed by atoms with Crippen LogP contribution in [0.25, 0.3) is 0 Å². The van der Waals surface area contributed by atoms with Gasteiger partial charge in [-0.1, -0.05) is 19.1 Å². The molecule has 114 valence electrons. The number of carbonyl (C=O) groups excluding carboxylic acids is 1. The van der Waals surface area contributed by atoms with E-state index in [-0.39, 0.29) is 5.91 Å². The molecule has 5 nitrogen and oxygen atoms in total. The van der Waals surface area contributed by atoms with E-state index in [1.54, 1.807) is 0 Å². The molecule has 3 rings (SSSR count). The fourth-order valence-corrected chi connectivity index (χ4v) is 3.26. The predicted molar refractivity (Wildman–Crippen MR) is 82.6 cm³/mol. The number of nitrogens with one attached hydrogen (secondary N) is 1. The SMILES string of the molecule is CC1CN(C(=O)C2CNc3ccccc3O2)CC1N(C)C. The molecule has 3 unspecified atom stereocenters. The van der Waals surface area contributed by atoms with Crippen LogP contribution in [0, 0.1) is 5.92 Å². The number of hydrogen-bond acceptors (Lipinski definition) is 4. The van der Waals surface area contributed by atoms with Gasteiger partial charge in [0, 0.05) is 19.1 Å². The van der Waals surface area contributed by atoms with Crippen molar-refractivity contribution < 1.29 is 9.53 Å². The molecule has 1 saturated heterocycles. The lowest BCUT2D eigenvalue weighted by molar-refractivity contribution is -0.137. The van der Waals surface area contributed by atoms with Crippen molar-refractivity contribution in [1.29, 1.82) is 0 Å². The van der Waals surface area contributed by atoms with Gasteiger partial charge in [-0.2, -0.15) is 0 Å². The van der Waals surface area contributed by atoms with E-state index in [9.17, 15) is 4.79 Å². The third-order valence-electron chi connectivity index (χ3n) is 4.46. The second-order valence-corrected chi connectivity index (χ2v) is 6.24. The molecule has 1 amide bonds. The highest BCUT2D eigenvalue weighted by Gasteiger charge is 2.38. The van der Waals surface area contributed by atoms with Crippen molar-refractivity contribution >= 4 is 11.6 Å². The summed E-state index contributed by atoms with van der Waals surface area (Å²) < 4.78 is 5.87. The minimum Gasteiger partial charge on any atom is -0.477 e. The van der Waals surface area contributed by atoms with Gasteiger partial charge in [0.1, 0.15) is 5.75 Å². The average Bonchev–Trinajstić information content (AvgIpc) is 2.88. The first-order valence-corrected chi connectivity index (χ1v) is 7.51. The van der Waals surface area contributed by atoms with E-state index >= 15 is 0 Å². The highest BCUT2D eigenvalue weighted by atomic mass is 16.5. The van der Waals surface area contributed by atoms with E-state index in [1.165, 1.54) is 0 Å². The summed E-state index contributed by atoms with van der Waals surface area (Å²) in [6, 6.07) is 8.18. The summed E-state index contributed by atoms with van der Waals surface area (Å²) >= 11 is 0. The van der Waals surface area contributed by atoms with Crippen molar-refractivity contribution in [2.75, 3.05) is 39.0 Å². The molecule has 21 heavy (non-hydrogen) atoms. The largest absolute Gasteiger partial charge is 0.477 e. The van der Waals surface area contributed by atoms with E-state index in [2.05, 4.69) is 31.2 Å². The molecule has 0 aromatic heterocycles. The van der Waals surface area contributed by atoms with Crippen molar-refractivity contribution in [3.63, 3.8) is 0 Å². The van der Waals surface area contributed by atoms with Crippen LogP contribution in [0.1, 0.15) is 6.92 Å². The quantitative estimate of drug-likeness (QED) is 0.890. The van der Waals surface area contributed by atoms with Crippen molar-refractivity contribution in [1.82, 2.24) is 9.80 Å². The Bertz CT molecular complexity index is 532. The van der Waals surface area contributed by atoms with E-state index in [4.69, 9.17) is 4.74 Å². The molecule has 0 aliphatic carbocycles. The van der Waals surface area contributed by atoms with Gasteiger partial charge in [-0.3, -0.25) is 4.79 Å². The lowest BCUT2D eigenvalue weighted by Crippen LogP contribution is -2.47. The number of likely N-dealkylation sites (N-methyl/N-ethyl adjacent to an activating group) is 1. The molecule has 0 bridgehead atoms. The van der Waals surface area contributed by atoms with Crippen LogP contribution in [-0.4, -0.2) is 61.6 Å². The third-order valence-corrected chi connectivity index (χ3v) is 4.46. The van der Waals surface area contributed by atoms with Gasteiger partial charge in [0.15, 0.2) is 6.10 Å². The summed E-state index contributed by atoms with van der Waals surface area (Å²) in [4.78, 5) is 16.8. The van der Waals surface area contributed by atoms with E-state index in [1.807, 2.05) is 29.2 Å². The number of nitrogens with zero attached hydrogens (tertiary/aromatic N) is 2. The third kappa shape index (κ3) is 2.70. The monoisotopic (exact) mass is 289 g/mol. The summed E-state index contributed by atoms with van der Waals surface area (Å²) in [5.74, 6) is 1.35. The number of anilines is 1. The number of ether oxygens (including phenoxy) is 1. The first-order chi connectivity index (χ1) is 10.1. The van der Waals surface area contributed by atoms with Gasteiger partial charge in [0.25, 0.3) is 5.91 Å². The fourth-order valence-electron chi connectivity index (χ4n) is 3.26. The number of likely N-dealkylation sites (tertiary alicyclic amines) is 1. The highest BCUT2D eigenvalue weighted by Crippen LogP contribution is 2.29. The van der Waals surface area contributed by atoms with Crippen LogP contribution in [0.4, 0.5) is 5.69 Å². The normalized spacial score (nSPS) is 28.0. The zero-order chi connectivity index (χ0) is 15.0. The number of rotatable bonds is 2. The van der Waals surface area contributed by atoms with Gasteiger partial charge < -0.3 is 19.9 Å². The summed E-state index contributed by atoms with van der Waals surface area (Å²) in [7, 11) is 4.15. The minimum absolute atomic E-state index is 0.0909. The standard InChI is InChI=1S/C16H23N3O2/c1-11-9-19(10-13(11)18(2)3)16(20)15-8-17-12-6-4-5-7-14(12)21-15/h4-7,11,13,15,17H,8-10H2,1-3H3. The Labute approximate surface area is 125 Å². The van der Waals surface area contributed by atoms with Crippen molar-refractivity contribution in [2.45, 2.75) is 19.1 Å². The smallest absolute Gasteiger partial charge is 0.265 e. The van der Waals surface area contributed by atoms with Gasteiger partial charge in [-0.05, 0) is 32.1 Å². The maximum absolute atomic E-state index is 12.7. The molecule has 2 aliphatic heterocycles. The van der Waals surface area contributed by atoms with Gasteiger partial charge in [0.2, 0.25) is 0 Å². The molecule has 1 N–H and O–H groups in total. The lowest BCUT2D eigenvalue weighted by atomic mass is 10.1. The molecule has 2 heterocycles.